The Morgan fingerprint density at radius 1 is 1.27 bits per heavy atom. The van der Waals surface area contributed by atoms with Gasteiger partial charge in [-0.1, -0.05) is 6.07 Å². The fourth-order valence-electron chi connectivity index (χ4n) is 2.20. The topological polar surface area (TPSA) is 77.5 Å². The number of benzene rings is 1. The van der Waals surface area contributed by atoms with Gasteiger partial charge in [-0.05, 0) is 30.5 Å². The quantitative estimate of drug-likeness (QED) is 0.768. The van der Waals surface area contributed by atoms with Crippen molar-refractivity contribution >= 4 is 20.0 Å². The molecule has 0 aromatic heterocycles. The van der Waals surface area contributed by atoms with Gasteiger partial charge in [0.25, 0.3) is 0 Å². The summed E-state index contributed by atoms with van der Waals surface area (Å²) in [6.45, 7) is 0. The van der Waals surface area contributed by atoms with Gasteiger partial charge in [0.2, 0.25) is 0 Å². The molecule has 1 aromatic carbocycles. The summed E-state index contributed by atoms with van der Waals surface area (Å²) in [5.74, 6) is -1.92. The molecule has 0 bridgehead atoms. The van der Waals surface area contributed by atoms with Gasteiger partial charge in [0.1, 0.15) is 5.75 Å². The molecule has 0 spiro atoms. The molecule has 1 heterocycles. The molecular formula is C12H13F3O5S2. The van der Waals surface area contributed by atoms with Crippen LogP contribution in [0.5, 0.6) is 5.75 Å². The van der Waals surface area contributed by atoms with Crippen molar-refractivity contribution in [3.63, 3.8) is 0 Å². The van der Waals surface area contributed by atoms with Crippen LogP contribution >= 0.6 is 0 Å². The van der Waals surface area contributed by atoms with Crippen molar-refractivity contribution in [2.75, 3.05) is 17.3 Å². The van der Waals surface area contributed by atoms with E-state index < -0.39 is 49.1 Å². The summed E-state index contributed by atoms with van der Waals surface area (Å²) in [4.78, 5) is 0. The summed E-state index contributed by atoms with van der Waals surface area (Å²) in [7, 11) is -7.40. The second kappa shape index (κ2) is 5.73. The Bertz CT molecular complexity index is 753. The highest BCUT2D eigenvalue weighted by Gasteiger charge is 2.33. The summed E-state index contributed by atoms with van der Waals surface area (Å²) < 4.78 is 88.5. The Labute approximate surface area is 126 Å². The molecule has 1 aliphatic rings. The van der Waals surface area contributed by atoms with Gasteiger partial charge in [-0.15, -0.1) is 0 Å². The third kappa shape index (κ3) is 4.60. The maximum absolute atomic E-state index is 12.5. The molecule has 124 valence electrons. The van der Waals surface area contributed by atoms with Crippen molar-refractivity contribution in [2.24, 2.45) is 5.92 Å². The van der Waals surface area contributed by atoms with Gasteiger partial charge in [-0.2, -0.15) is 21.6 Å². The van der Waals surface area contributed by atoms with Gasteiger partial charge in [-0.3, -0.25) is 0 Å². The zero-order valence-electron chi connectivity index (χ0n) is 11.2. The maximum atomic E-state index is 12.5. The Morgan fingerprint density at radius 2 is 1.95 bits per heavy atom. The Balaban J connectivity index is 2.09. The second-order valence-corrected chi connectivity index (χ2v) is 8.95. The summed E-state index contributed by atoms with van der Waals surface area (Å²) in [5.41, 5.74) is -1.02. The largest absolute Gasteiger partial charge is 0.416 e. The fraction of sp³-hybridized carbons (Fsp3) is 0.500. The summed E-state index contributed by atoms with van der Waals surface area (Å²) in [6, 6.07) is 3.51. The standard InChI is InChI=1S/C12H13F3O5S2/c13-12(14,15)10-2-1-3-11(6-10)20-22(18,19)8-9-4-5-21(16,17)7-9/h1-3,6,9H,4-5,7-8H2/t9-/m0/s1. The van der Waals surface area contributed by atoms with E-state index in [9.17, 15) is 30.0 Å². The number of hydrogen-bond acceptors (Lipinski definition) is 5. The van der Waals surface area contributed by atoms with Crippen molar-refractivity contribution in [3.8, 4) is 5.75 Å². The van der Waals surface area contributed by atoms with Gasteiger partial charge >= 0.3 is 16.3 Å². The molecule has 1 saturated heterocycles. The van der Waals surface area contributed by atoms with Gasteiger partial charge < -0.3 is 4.18 Å². The van der Waals surface area contributed by atoms with E-state index in [2.05, 4.69) is 4.18 Å². The Hall–Kier alpha value is -1.29. The molecule has 2 rings (SSSR count). The van der Waals surface area contributed by atoms with Crippen molar-refractivity contribution in [1.82, 2.24) is 0 Å². The molecule has 5 nitrogen and oxygen atoms in total. The molecule has 1 aliphatic heterocycles. The number of halogens is 3. The monoisotopic (exact) mass is 358 g/mol. The molecule has 10 heteroatoms. The summed E-state index contributed by atoms with van der Waals surface area (Å²) >= 11 is 0. The minimum Gasteiger partial charge on any atom is -0.382 e. The van der Waals surface area contributed by atoms with E-state index in [1.807, 2.05) is 0 Å². The molecule has 0 saturated carbocycles. The highest BCUT2D eigenvalue weighted by Crippen LogP contribution is 2.32. The number of hydrogen-bond donors (Lipinski definition) is 0. The lowest BCUT2D eigenvalue weighted by Crippen LogP contribution is -2.22. The lowest BCUT2D eigenvalue weighted by molar-refractivity contribution is -0.137. The lowest BCUT2D eigenvalue weighted by atomic mass is 10.2. The zero-order chi connectivity index (χ0) is 16.6. The highest BCUT2D eigenvalue weighted by atomic mass is 32.2. The molecule has 0 amide bonds. The smallest absolute Gasteiger partial charge is 0.382 e. The van der Waals surface area contributed by atoms with Crippen LogP contribution in [0, 0.1) is 5.92 Å². The summed E-state index contributed by atoms with van der Waals surface area (Å²) in [6.07, 6.45) is -4.41. The van der Waals surface area contributed by atoms with Gasteiger partial charge in [0.15, 0.2) is 9.84 Å². The van der Waals surface area contributed by atoms with Gasteiger partial charge in [-0.25, -0.2) is 8.42 Å². The van der Waals surface area contributed by atoms with Crippen LogP contribution in [0.25, 0.3) is 0 Å². The fourth-order valence-corrected chi connectivity index (χ4v) is 5.53. The first-order chi connectivity index (χ1) is 9.97. The SMILES string of the molecule is O=S1(=O)CC[C@H](CS(=O)(=O)Oc2cccc(C(F)(F)F)c2)C1. The second-order valence-electron chi connectivity index (χ2n) is 5.10. The van der Waals surface area contributed by atoms with E-state index in [0.29, 0.717) is 6.07 Å². The van der Waals surface area contributed by atoms with E-state index >= 15 is 0 Å². The van der Waals surface area contributed by atoms with Gasteiger partial charge in [0.05, 0.1) is 22.8 Å². The first-order valence-electron chi connectivity index (χ1n) is 6.27. The van der Waals surface area contributed by atoms with Crippen LogP contribution in [0.3, 0.4) is 0 Å². The van der Waals surface area contributed by atoms with E-state index in [1.54, 1.807) is 0 Å². The number of rotatable bonds is 4. The van der Waals surface area contributed by atoms with E-state index in [0.717, 1.165) is 18.2 Å². The lowest BCUT2D eigenvalue weighted by Gasteiger charge is -2.12. The van der Waals surface area contributed by atoms with Crippen molar-refractivity contribution < 1.29 is 34.2 Å². The minimum absolute atomic E-state index is 0.0866. The third-order valence-corrected chi connectivity index (χ3v) is 6.31. The predicted molar refractivity (Wildman–Crippen MR) is 72.6 cm³/mol. The Kier molecular flexibility index (Phi) is 4.44. The van der Waals surface area contributed by atoms with E-state index in [4.69, 9.17) is 0 Å². The van der Waals surface area contributed by atoms with E-state index in [-0.39, 0.29) is 17.9 Å². The molecule has 1 aromatic rings. The Morgan fingerprint density at radius 3 is 2.50 bits per heavy atom. The molecule has 1 fully saturated rings. The average molecular weight is 358 g/mol. The molecule has 0 radical (unpaired) electrons. The highest BCUT2D eigenvalue weighted by molar-refractivity contribution is 7.91. The molecule has 1 atom stereocenters. The van der Waals surface area contributed by atoms with Crippen LogP contribution in [-0.4, -0.2) is 34.1 Å². The number of alkyl halides is 3. The van der Waals surface area contributed by atoms with Crippen LogP contribution in [0.4, 0.5) is 13.2 Å². The number of sulfone groups is 1. The molecule has 0 aliphatic carbocycles. The third-order valence-electron chi connectivity index (χ3n) is 3.15. The van der Waals surface area contributed by atoms with Crippen molar-refractivity contribution in [2.45, 2.75) is 12.6 Å². The van der Waals surface area contributed by atoms with Gasteiger partial charge in [0, 0.05) is 0 Å². The van der Waals surface area contributed by atoms with Crippen LogP contribution in [0.2, 0.25) is 0 Å². The van der Waals surface area contributed by atoms with Crippen molar-refractivity contribution in [3.05, 3.63) is 29.8 Å². The van der Waals surface area contributed by atoms with Crippen molar-refractivity contribution in [1.29, 1.82) is 0 Å². The maximum Gasteiger partial charge on any atom is 0.416 e. The molecular weight excluding hydrogens is 345 g/mol. The molecule has 0 N–H and O–H groups in total. The first-order valence-corrected chi connectivity index (χ1v) is 9.67. The van der Waals surface area contributed by atoms with Crippen LogP contribution in [0.1, 0.15) is 12.0 Å². The molecule has 22 heavy (non-hydrogen) atoms. The first kappa shape index (κ1) is 17.1. The van der Waals surface area contributed by atoms with E-state index in [1.165, 1.54) is 0 Å². The van der Waals surface area contributed by atoms with Crippen LogP contribution < -0.4 is 4.18 Å². The predicted octanol–water partition coefficient (Wildman–Crippen LogP) is 1.85. The molecule has 0 unspecified atom stereocenters. The normalized spacial score (nSPS) is 21.7. The van der Waals surface area contributed by atoms with Crippen LogP contribution in [-0.2, 0) is 26.1 Å². The summed E-state index contributed by atoms with van der Waals surface area (Å²) in [5, 5.41) is 0. The van der Waals surface area contributed by atoms with Crippen LogP contribution in [0.15, 0.2) is 24.3 Å². The zero-order valence-corrected chi connectivity index (χ0v) is 12.8. The minimum atomic E-state index is -4.61. The average Bonchev–Trinajstić information content (AvgIpc) is 2.66.